The van der Waals surface area contributed by atoms with E-state index in [9.17, 15) is 0 Å². The minimum absolute atomic E-state index is 0.322. The van der Waals surface area contributed by atoms with Crippen LogP contribution in [0.5, 0.6) is 0 Å². The fourth-order valence-electron chi connectivity index (χ4n) is 3.24. The normalized spacial score (nSPS) is 36.8. The average molecular weight is 226 g/mol. The molecule has 2 rings (SSSR count). The molecule has 3 heteroatoms. The van der Waals surface area contributed by atoms with Gasteiger partial charge in [0.25, 0.3) is 0 Å². The van der Waals surface area contributed by atoms with E-state index in [-0.39, 0.29) is 0 Å². The Labute approximate surface area is 99.3 Å². The maximum Gasteiger partial charge on any atom is 0.0595 e. The number of nitrogens with two attached hydrogens (primary N) is 1. The quantitative estimate of drug-likeness (QED) is 0.777. The zero-order valence-electron chi connectivity index (χ0n) is 10.9. The number of methoxy groups -OCH3 is 1. The van der Waals surface area contributed by atoms with E-state index in [4.69, 9.17) is 10.5 Å². The predicted octanol–water partition coefficient (Wildman–Crippen LogP) is 1.61. The smallest absolute Gasteiger partial charge is 0.0595 e. The lowest BCUT2D eigenvalue weighted by molar-refractivity contribution is 0.0235. The summed E-state index contributed by atoms with van der Waals surface area (Å²) in [4.78, 5) is 2.59. The standard InChI is InChI=1S/C13H26N2O/c1-13(2)7-4-11(12(13)14)15-8-5-10(16-3)6-9-15/h10-12H,4-9,14H2,1-3H3. The molecule has 2 aliphatic rings. The molecule has 0 aromatic heterocycles. The van der Waals surface area contributed by atoms with Crippen molar-refractivity contribution in [2.75, 3.05) is 20.2 Å². The van der Waals surface area contributed by atoms with Crippen LogP contribution in [0.25, 0.3) is 0 Å². The van der Waals surface area contributed by atoms with Gasteiger partial charge in [-0.1, -0.05) is 13.8 Å². The van der Waals surface area contributed by atoms with Gasteiger partial charge in [-0.3, -0.25) is 4.90 Å². The summed E-state index contributed by atoms with van der Waals surface area (Å²) in [5.74, 6) is 0. The van der Waals surface area contributed by atoms with Gasteiger partial charge in [-0.2, -0.15) is 0 Å². The zero-order chi connectivity index (χ0) is 11.8. The Morgan fingerprint density at radius 1 is 1.19 bits per heavy atom. The molecule has 1 saturated carbocycles. The molecule has 2 fully saturated rings. The first-order chi connectivity index (χ1) is 7.54. The predicted molar refractivity (Wildman–Crippen MR) is 66.4 cm³/mol. The van der Waals surface area contributed by atoms with Crippen molar-refractivity contribution in [3.63, 3.8) is 0 Å². The number of hydrogen-bond donors (Lipinski definition) is 1. The summed E-state index contributed by atoms with van der Waals surface area (Å²) in [6.45, 7) is 6.93. The Morgan fingerprint density at radius 2 is 1.81 bits per heavy atom. The monoisotopic (exact) mass is 226 g/mol. The summed E-state index contributed by atoms with van der Waals surface area (Å²) >= 11 is 0. The van der Waals surface area contributed by atoms with Crippen LogP contribution in [0.2, 0.25) is 0 Å². The number of ether oxygens (including phenoxy) is 1. The summed E-state index contributed by atoms with van der Waals surface area (Å²) in [5, 5.41) is 0. The number of nitrogens with zero attached hydrogens (tertiary/aromatic N) is 1. The average Bonchev–Trinajstić information content (AvgIpc) is 2.55. The lowest BCUT2D eigenvalue weighted by atomic mass is 9.87. The van der Waals surface area contributed by atoms with E-state index in [2.05, 4.69) is 18.7 Å². The van der Waals surface area contributed by atoms with Crippen molar-refractivity contribution in [2.45, 2.75) is 57.7 Å². The second-order valence-electron chi connectivity index (χ2n) is 6.09. The minimum atomic E-state index is 0.322. The Kier molecular flexibility index (Phi) is 3.57. The molecule has 2 N–H and O–H groups in total. The maximum atomic E-state index is 6.38. The molecule has 3 nitrogen and oxygen atoms in total. The van der Waals surface area contributed by atoms with E-state index in [1.165, 1.54) is 25.7 Å². The Morgan fingerprint density at radius 3 is 2.25 bits per heavy atom. The lowest BCUT2D eigenvalue weighted by Gasteiger charge is -2.39. The number of hydrogen-bond acceptors (Lipinski definition) is 3. The van der Waals surface area contributed by atoms with Gasteiger partial charge < -0.3 is 10.5 Å². The fraction of sp³-hybridized carbons (Fsp3) is 1.00. The molecule has 0 aromatic carbocycles. The van der Waals surface area contributed by atoms with Crippen LogP contribution in [0.4, 0.5) is 0 Å². The van der Waals surface area contributed by atoms with Crippen LogP contribution >= 0.6 is 0 Å². The van der Waals surface area contributed by atoms with Crippen molar-refractivity contribution in [3.8, 4) is 0 Å². The molecule has 0 spiro atoms. The molecule has 1 saturated heterocycles. The Balaban J connectivity index is 1.90. The van der Waals surface area contributed by atoms with Gasteiger partial charge in [-0.15, -0.1) is 0 Å². The molecule has 1 aliphatic carbocycles. The van der Waals surface area contributed by atoms with Gasteiger partial charge in [0.05, 0.1) is 6.10 Å². The molecule has 1 aliphatic heterocycles. The molecule has 2 unspecified atom stereocenters. The number of piperidine rings is 1. The van der Waals surface area contributed by atoms with E-state index in [1.807, 2.05) is 7.11 Å². The van der Waals surface area contributed by atoms with Crippen LogP contribution in [0.3, 0.4) is 0 Å². The molecule has 0 bridgehead atoms. The van der Waals surface area contributed by atoms with Gasteiger partial charge in [0.2, 0.25) is 0 Å². The number of likely N-dealkylation sites (tertiary alicyclic amines) is 1. The first-order valence-corrected chi connectivity index (χ1v) is 6.57. The van der Waals surface area contributed by atoms with Crippen molar-refractivity contribution < 1.29 is 4.74 Å². The summed E-state index contributed by atoms with van der Waals surface area (Å²) in [6.07, 6.45) is 5.34. The van der Waals surface area contributed by atoms with Gasteiger partial charge in [-0.25, -0.2) is 0 Å². The summed E-state index contributed by atoms with van der Waals surface area (Å²) in [7, 11) is 1.82. The first-order valence-electron chi connectivity index (χ1n) is 6.57. The molecule has 0 aromatic rings. The summed E-state index contributed by atoms with van der Waals surface area (Å²) in [5.41, 5.74) is 6.70. The van der Waals surface area contributed by atoms with Gasteiger partial charge in [-0.05, 0) is 31.1 Å². The molecule has 94 valence electrons. The highest BCUT2D eigenvalue weighted by Crippen LogP contribution is 2.39. The van der Waals surface area contributed by atoms with Crippen molar-refractivity contribution in [2.24, 2.45) is 11.1 Å². The third kappa shape index (κ3) is 2.27. The van der Waals surface area contributed by atoms with Gasteiger partial charge in [0.15, 0.2) is 0 Å². The third-order valence-electron chi connectivity index (χ3n) is 4.68. The molecule has 1 heterocycles. The van der Waals surface area contributed by atoms with Crippen LogP contribution in [0, 0.1) is 5.41 Å². The van der Waals surface area contributed by atoms with Crippen molar-refractivity contribution in [3.05, 3.63) is 0 Å². The molecule has 16 heavy (non-hydrogen) atoms. The third-order valence-corrected chi connectivity index (χ3v) is 4.68. The van der Waals surface area contributed by atoms with E-state index in [1.54, 1.807) is 0 Å². The van der Waals surface area contributed by atoms with Crippen molar-refractivity contribution >= 4 is 0 Å². The largest absolute Gasteiger partial charge is 0.381 e. The van der Waals surface area contributed by atoms with E-state index >= 15 is 0 Å². The van der Waals surface area contributed by atoms with Crippen LogP contribution in [-0.4, -0.2) is 43.3 Å². The molecular weight excluding hydrogens is 200 g/mol. The number of rotatable bonds is 2. The Bertz CT molecular complexity index is 234. The topological polar surface area (TPSA) is 38.5 Å². The van der Waals surface area contributed by atoms with Gasteiger partial charge in [0.1, 0.15) is 0 Å². The van der Waals surface area contributed by atoms with Crippen LogP contribution in [0.1, 0.15) is 39.5 Å². The van der Waals surface area contributed by atoms with Crippen LogP contribution in [0.15, 0.2) is 0 Å². The van der Waals surface area contributed by atoms with E-state index in [0.717, 1.165) is 13.1 Å². The summed E-state index contributed by atoms with van der Waals surface area (Å²) in [6, 6.07) is 0.944. The van der Waals surface area contributed by atoms with E-state index < -0.39 is 0 Å². The molecule has 2 atom stereocenters. The Hall–Kier alpha value is -0.120. The SMILES string of the molecule is COC1CCN(C2CCC(C)(C)C2N)CC1. The molecular formula is C13H26N2O. The lowest BCUT2D eigenvalue weighted by Crippen LogP contribution is -2.52. The van der Waals surface area contributed by atoms with Gasteiger partial charge >= 0.3 is 0 Å². The highest BCUT2D eigenvalue weighted by molar-refractivity contribution is 4.99. The van der Waals surface area contributed by atoms with Crippen LogP contribution in [-0.2, 0) is 4.74 Å². The van der Waals surface area contributed by atoms with Gasteiger partial charge in [0, 0.05) is 32.3 Å². The second kappa shape index (κ2) is 4.63. The van der Waals surface area contributed by atoms with Crippen molar-refractivity contribution in [1.82, 2.24) is 4.90 Å². The first kappa shape index (κ1) is 12.3. The van der Waals surface area contributed by atoms with Crippen molar-refractivity contribution in [1.29, 1.82) is 0 Å². The molecule has 0 amide bonds. The fourth-order valence-corrected chi connectivity index (χ4v) is 3.24. The molecule has 0 radical (unpaired) electrons. The van der Waals surface area contributed by atoms with E-state index in [0.29, 0.717) is 23.6 Å². The maximum absolute atomic E-state index is 6.38. The minimum Gasteiger partial charge on any atom is -0.381 e. The highest BCUT2D eigenvalue weighted by atomic mass is 16.5. The second-order valence-corrected chi connectivity index (χ2v) is 6.09. The summed E-state index contributed by atoms with van der Waals surface area (Å²) < 4.78 is 5.41. The highest BCUT2D eigenvalue weighted by Gasteiger charge is 2.42. The zero-order valence-corrected chi connectivity index (χ0v) is 10.9. The van der Waals surface area contributed by atoms with Crippen LogP contribution < -0.4 is 5.73 Å².